The molecule has 3 aromatic rings. The van der Waals surface area contributed by atoms with Gasteiger partial charge in [0.1, 0.15) is 5.52 Å². The van der Waals surface area contributed by atoms with Crippen molar-refractivity contribution in [2.45, 2.75) is 4.90 Å². The van der Waals surface area contributed by atoms with Gasteiger partial charge in [0.25, 0.3) is 10.0 Å². The van der Waals surface area contributed by atoms with Crippen LogP contribution in [0, 0.1) is 0 Å². The van der Waals surface area contributed by atoms with Crippen molar-refractivity contribution in [2.75, 3.05) is 18.9 Å². The summed E-state index contributed by atoms with van der Waals surface area (Å²) in [5, 5.41) is 0. The maximum absolute atomic E-state index is 12.5. The predicted octanol–water partition coefficient (Wildman–Crippen LogP) is 2.65. The number of fused-ring (bicyclic) bond motifs is 1. The van der Waals surface area contributed by atoms with Crippen molar-refractivity contribution in [2.24, 2.45) is 0 Å². The molecule has 0 amide bonds. The fourth-order valence-corrected chi connectivity index (χ4v) is 3.18. The number of aromatic nitrogens is 1. The summed E-state index contributed by atoms with van der Waals surface area (Å²) in [4.78, 5) is 4.06. The van der Waals surface area contributed by atoms with Crippen LogP contribution in [0.3, 0.4) is 0 Å². The summed E-state index contributed by atoms with van der Waals surface area (Å²) in [6.07, 6.45) is 1.30. The lowest BCUT2D eigenvalue weighted by Gasteiger charge is -2.11. The van der Waals surface area contributed by atoms with Crippen molar-refractivity contribution in [3.05, 3.63) is 42.8 Å². The first-order valence-corrected chi connectivity index (χ1v) is 8.10. The normalized spacial score (nSPS) is 11.4. The summed E-state index contributed by atoms with van der Waals surface area (Å²) < 4.78 is 42.8. The van der Waals surface area contributed by atoms with Crippen LogP contribution in [0.5, 0.6) is 11.5 Å². The third kappa shape index (κ3) is 2.93. The van der Waals surface area contributed by atoms with Crippen LogP contribution in [0.4, 0.5) is 5.69 Å². The highest BCUT2D eigenvalue weighted by atomic mass is 32.2. The second kappa shape index (κ2) is 5.81. The first kappa shape index (κ1) is 15.2. The van der Waals surface area contributed by atoms with E-state index >= 15 is 0 Å². The molecule has 0 atom stereocenters. The van der Waals surface area contributed by atoms with Crippen LogP contribution in [0.1, 0.15) is 0 Å². The topological polar surface area (TPSA) is 90.7 Å². The largest absolute Gasteiger partial charge is 0.493 e. The lowest BCUT2D eigenvalue weighted by atomic mass is 10.3. The maximum Gasteiger partial charge on any atom is 0.262 e. The molecule has 0 aliphatic carbocycles. The number of anilines is 1. The van der Waals surface area contributed by atoms with E-state index in [1.807, 2.05) is 0 Å². The molecule has 0 spiro atoms. The summed E-state index contributed by atoms with van der Waals surface area (Å²) in [7, 11) is -0.838. The van der Waals surface area contributed by atoms with Gasteiger partial charge in [0, 0.05) is 6.07 Å². The number of ether oxygens (including phenoxy) is 2. The minimum atomic E-state index is -3.77. The zero-order chi connectivity index (χ0) is 16.4. The van der Waals surface area contributed by atoms with Gasteiger partial charge in [-0.3, -0.25) is 4.72 Å². The number of nitrogens with one attached hydrogen (secondary N) is 1. The van der Waals surface area contributed by atoms with E-state index < -0.39 is 10.0 Å². The van der Waals surface area contributed by atoms with Gasteiger partial charge in [0.15, 0.2) is 23.5 Å². The number of benzene rings is 2. The molecule has 1 N–H and O–H groups in total. The van der Waals surface area contributed by atoms with Crippen molar-refractivity contribution in [1.82, 2.24) is 4.98 Å². The van der Waals surface area contributed by atoms with Crippen molar-refractivity contribution in [3.63, 3.8) is 0 Å². The molecule has 120 valence electrons. The van der Waals surface area contributed by atoms with E-state index in [4.69, 9.17) is 13.9 Å². The average molecular weight is 334 g/mol. The van der Waals surface area contributed by atoms with Crippen molar-refractivity contribution < 1.29 is 22.3 Å². The zero-order valence-corrected chi connectivity index (χ0v) is 13.3. The third-order valence-corrected chi connectivity index (χ3v) is 4.63. The number of hydrogen-bond donors (Lipinski definition) is 1. The SMILES string of the molecule is COc1ccc(S(=O)(=O)Nc2ccc3ocnc3c2)cc1OC. The molecule has 0 saturated heterocycles. The Labute approximate surface area is 132 Å². The molecule has 8 heteroatoms. The number of sulfonamides is 1. The zero-order valence-electron chi connectivity index (χ0n) is 12.4. The highest BCUT2D eigenvalue weighted by molar-refractivity contribution is 7.92. The van der Waals surface area contributed by atoms with Crippen LogP contribution in [-0.2, 0) is 10.0 Å². The molecule has 7 nitrogen and oxygen atoms in total. The van der Waals surface area contributed by atoms with Crippen LogP contribution in [-0.4, -0.2) is 27.6 Å². The summed E-state index contributed by atoms with van der Waals surface area (Å²) in [5.74, 6) is 0.790. The van der Waals surface area contributed by atoms with Crippen molar-refractivity contribution in [3.8, 4) is 11.5 Å². The van der Waals surface area contributed by atoms with Crippen LogP contribution in [0.2, 0.25) is 0 Å². The quantitative estimate of drug-likeness (QED) is 0.771. The molecule has 0 radical (unpaired) electrons. The third-order valence-electron chi connectivity index (χ3n) is 3.25. The molecule has 0 aliphatic heterocycles. The number of nitrogens with zero attached hydrogens (tertiary/aromatic N) is 1. The molecule has 2 aromatic carbocycles. The van der Waals surface area contributed by atoms with Crippen molar-refractivity contribution in [1.29, 1.82) is 0 Å². The molecular formula is C15H14N2O5S. The Kier molecular flexibility index (Phi) is 3.83. The van der Waals surface area contributed by atoms with Gasteiger partial charge in [-0.1, -0.05) is 0 Å². The molecule has 23 heavy (non-hydrogen) atoms. The minimum absolute atomic E-state index is 0.0652. The second-order valence-electron chi connectivity index (χ2n) is 4.66. The lowest BCUT2D eigenvalue weighted by molar-refractivity contribution is 0.354. The Morgan fingerprint density at radius 1 is 1.04 bits per heavy atom. The number of hydrogen-bond acceptors (Lipinski definition) is 6. The molecular weight excluding hydrogens is 320 g/mol. The van der Waals surface area contributed by atoms with Gasteiger partial charge in [0.05, 0.1) is 24.8 Å². The van der Waals surface area contributed by atoms with E-state index in [0.29, 0.717) is 28.3 Å². The summed E-state index contributed by atoms with van der Waals surface area (Å²) >= 11 is 0. The van der Waals surface area contributed by atoms with E-state index in [-0.39, 0.29) is 4.90 Å². The predicted molar refractivity (Wildman–Crippen MR) is 84.4 cm³/mol. The van der Waals surface area contributed by atoms with E-state index in [1.165, 1.54) is 38.8 Å². The fourth-order valence-electron chi connectivity index (χ4n) is 2.12. The molecule has 0 unspecified atom stereocenters. The van der Waals surface area contributed by atoms with E-state index in [1.54, 1.807) is 18.2 Å². The smallest absolute Gasteiger partial charge is 0.262 e. The van der Waals surface area contributed by atoms with Crippen LogP contribution < -0.4 is 14.2 Å². The summed E-state index contributed by atoms with van der Waals surface area (Å²) in [5.41, 5.74) is 1.54. The molecule has 0 saturated carbocycles. The Morgan fingerprint density at radius 3 is 2.57 bits per heavy atom. The average Bonchev–Trinajstić information content (AvgIpc) is 3.01. The van der Waals surface area contributed by atoms with Crippen LogP contribution in [0.15, 0.2) is 52.1 Å². The highest BCUT2D eigenvalue weighted by Crippen LogP contribution is 2.30. The Balaban J connectivity index is 1.94. The lowest BCUT2D eigenvalue weighted by Crippen LogP contribution is -2.13. The fraction of sp³-hybridized carbons (Fsp3) is 0.133. The molecule has 0 bridgehead atoms. The Hall–Kier alpha value is -2.74. The molecule has 3 rings (SSSR count). The molecule has 0 aliphatic rings. The summed E-state index contributed by atoms with van der Waals surface area (Å²) in [6.45, 7) is 0. The van der Waals surface area contributed by atoms with Gasteiger partial charge in [-0.15, -0.1) is 0 Å². The van der Waals surface area contributed by atoms with Gasteiger partial charge in [-0.05, 0) is 30.3 Å². The number of methoxy groups -OCH3 is 2. The number of oxazole rings is 1. The molecule has 1 aromatic heterocycles. The summed E-state index contributed by atoms with van der Waals surface area (Å²) in [6, 6.07) is 9.22. The van der Waals surface area contributed by atoms with Gasteiger partial charge in [-0.2, -0.15) is 0 Å². The Morgan fingerprint density at radius 2 is 1.83 bits per heavy atom. The first-order chi connectivity index (χ1) is 11.0. The van der Waals surface area contributed by atoms with Gasteiger partial charge >= 0.3 is 0 Å². The molecule has 0 fully saturated rings. The monoisotopic (exact) mass is 334 g/mol. The highest BCUT2D eigenvalue weighted by Gasteiger charge is 2.17. The van der Waals surface area contributed by atoms with E-state index in [9.17, 15) is 8.42 Å². The van der Waals surface area contributed by atoms with E-state index in [0.717, 1.165) is 0 Å². The van der Waals surface area contributed by atoms with E-state index in [2.05, 4.69) is 9.71 Å². The van der Waals surface area contributed by atoms with Gasteiger partial charge < -0.3 is 13.9 Å². The second-order valence-corrected chi connectivity index (χ2v) is 6.34. The van der Waals surface area contributed by atoms with Gasteiger partial charge in [-0.25, -0.2) is 13.4 Å². The number of rotatable bonds is 5. The first-order valence-electron chi connectivity index (χ1n) is 6.61. The van der Waals surface area contributed by atoms with Crippen LogP contribution in [0.25, 0.3) is 11.1 Å². The van der Waals surface area contributed by atoms with Crippen LogP contribution >= 0.6 is 0 Å². The maximum atomic E-state index is 12.5. The Bertz CT molecular complexity index is 949. The minimum Gasteiger partial charge on any atom is -0.493 e. The van der Waals surface area contributed by atoms with Gasteiger partial charge in [0.2, 0.25) is 0 Å². The molecule has 1 heterocycles. The standard InChI is InChI=1S/C15H14N2O5S/c1-20-14-6-4-11(8-15(14)21-2)23(18,19)17-10-3-5-13-12(7-10)16-9-22-13/h3-9,17H,1-2H3. The van der Waals surface area contributed by atoms with Crippen molar-refractivity contribution >= 4 is 26.8 Å².